The maximum Gasteiger partial charge on any atom is 0.253 e. The lowest BCUT2D eigenvalue weighted by Gasteiger charge is -2.16. The lowest BCUT2D eigenvalue weighted by molar-refractivity contribution is 0.0787. The smallest absolute Gasteiger partial charge is 0.253 e. The molecule has 2 rings (SSSR count). The van der Waals surface area contributed by atoms with Crippen LogP contribution in [0.2, 0.25) is 5.02 Å². The van der Waals surface area contributed by atoms with Crippen molar-refractivity contribution in [3.8, 4) is 0 Å². The standard InChI is InChI=1S/C14H17ClN2O3S/c1-2-21(19,20)16-9-11-7-8-17(10-11)14(18)12-3-5-13(15)6-4-12/h2-6,11,16H,1,7-10H2/t11-/m1/s1. The summed E-state index contributed by atoms with van der Waals surface area (Å²) >= 11 is 5.80. The van der Waals surface area contributed by atoms with Crippen LogP contribution in [0.5, 0.6) is 0 Å². The Balaban J connectivity index is 1.91. The van der Waals surface area contributed by atoms with Crippen LogP contribution in [0.1, 0.15) is 16.8 Å². The highest BCUT2D eigenvalue weighted by molar-refractivity contribution is 7.92. The van der Waals surface area contributed by atoms with Crippen molar-refractivity contribution in [2.75, 3.05) is 19.6 Å². The van der Waals surface area contributed by atoms with Gasteiger partial charge in [-0.15, -0.1) is 0 Å². The number of carbonyl (C=O) groups is 1. The van der Waals surface area contributed by atoms with E-state index in [9.17, 15) is 13.2 Å². The number of sulfonamides is 1. The molecule has 1 aromatic carbocycles. The van der Waals surface area contributed by atoms with Crippen molar-refractivity contribution in [1.82, 2.24) is 9.62 Å². The van der Waals surface area contributed by atoms with Crippen LogP contribution < -0.4 is 4.72 Å². The summed E-state index contributed by atoms with van der Waals surface area (Å²) in [6.45, 7) is 4.73. The lowest BCUT2D eigenvalue weighted by Crippen LogP contribution is -2.32. The molecule has 1 amide bonds. The predicted octanol–water partition coefficient (Wildman–Crippen LogP) is 1.86. The van der Waals surface area contributed by atoms with Gasteiger partial charge in [-0.05, 0) is 36.6 Å². The Morgan fingerprint density at radius 1 is 1.43 bits per heavy atom. The lowest BCUT2D eigenvalue weighted by atomic mass is 10.1. The van der Waals surface area contributed by atoms with Crippen LogP contribution >= 0.6 is 11.6 Å². The van der Waals surface area contributed by atoms with E-state index in [1.54, 1.807) is 29.2 Å². The molecule has 0 saturated carbocycles. The van der Waals surface area contributed by atoms with E-state index in [1.165, 1.54) is 0 Å². The molecular weight excluding hydrogens is 312 g/mol. The van der Waals surface area contributed by atoms with Crippen LogP contribution in [0.3, 0.4) is 0 Å². The van der Waals surface area contributed by atoms with Gasteiger partial charge in [0.2, 0.25) is 10.0 Å². The van der Waals surface area contributed by atoms with Crippen molar-refractivity contribution >= 4 is 27.5 Å². The van der Waals surface area contributed by atoms with Crippen LogP contribution in [0.4, 0.5) is 0 Å². The third-order valence-corrected chi connectivity index (χ3v) is 4.72. The number of hydrogen-bond donors (Lipinski definition) is 1. The summed E-state index contributed by atoms with van der Waals surface area (Å²) in [4.78, 5) is 14.0. The van der Waals surface area contributed by atoms with E-state index >= 15 is 0 Å². The minimum absolute atomic E-state index is 0.0549. The minimum atomic E-state index is -3.41. The van der Waals surface area contributed by atoms with Crippen molar-refractivity contribution in [2.24, 2.45) is 5.92 Å². The van der Waals surface area contributed by atoms with Gasteiger partial charge in [-0.3, -0.25) is 4.79 Å². The molecular formula is C14H17ClN2O3S. The Hall–Kier alpha value is -1.37. The fourth-order valence-electron chi connectivity index (χ4n) is 2.25. The molecule has 1 N–H and O–H groups in total. The van der Waals surface area contributed by atoms with Gasteiger partial charge in [-0.1, -0.05) is 18.2 Å². The molecule has 5 nitrogen and oxygen atoms in total. The zero-order chi connectivity index (χ0) is 15.5. The second kappa shape index (κ2) is 6.60. The van der Waals surface area contributed by atoms with Gasteiger partial charge in [0, 0.05) is 35.6 Å². The number of amides is 1. The number of nitrogens with zero attached hydrogens (tertiary/aromatic N) is 1. The first kappa shape index (κ1) is 16.0. The Kier molecular flexibility index (Phi) is 5.03. The fourth-order valence-corrected chi connectivity index (χ4v) is 2.96. The number of rotatable bonds is 5. The average molecular weight is 329 g/mol. The highest BCUT2D eigenvalue weighted by Crippen LogP contribution is 2.19. The van der Waals surface area contributed by atoms with E-state index in [2.05, 4.69) is 11.3 Å². The first-order valence-electron chi connectivity index (χ1n) is 6.58. The second-order valence-electron chi connectivity index (χ2n) is 4.97. The highest BCUT2D eigenvalue weighted by Gasteiger charge is 2.27. The molecule has 1 aliphatic heterocycles. The Bertz CT molecular complexity index is 628. The molecule has 0 unspecified atom stereocenters. The van der Waals surface area contributed by atoms with E-state index in [-0.39, 0.29) is 11.8 Å². The number of carbonyl (C=O) groups excluding carboxylic acids is 1. The number of benzene rings is 1. The van der Waals surface area contributed by atoms with Crippen molar-refractivity contribution in [1.29, 1.82) is 0 Å². The Labute approximate surface area is 129 Å². The van der Waals surface area contributed by atoms with E-state index < -0.39 is 10.0 Å². The number of nitrogens with one attached hydrogen (secondary N) is 1. The first-order valence-corrected chi connectivity index (χ1v) is 8.50. The van der Waals surface area contributed by atoms with Gasteiger partial charge in [-0.25, -0.2) is 13.1 Å². The number of halogens is 1. The highest BCUT2D eigenvalue weighted by atomic mass is 35.5. The van der Waals surface area contributed by atoms with E-state index in [0.717, 1.165) is 11.8 Å². The topological polar surface area (TPSA) is 66.5 Å². The largest absolute Gasteiger partial charge is 0.338 e. The maximum atomic E-state index is 12.3. The van der Waals surface area contributed by atoms with Crippen LogP contribution in [0, 0.1) is 5.92 Å². The summed E-state index contributed by atoms with van der Waals surface area (Å²) in [5.74, 6) is 0.0664. The molecule has 1 saturated heterocycles. The van der Waals surface area contributed by atoms with E-state index in [1.807, 2.05) is 0 Å². The first-order chi connectivity index (χ1) is 9.91. The summed E-state index contributed by atoms with van der Waals surface area (Å²) in [5.41, 5.74) is 0.590. The van der Waals surface area contributed by atoms with Gasteiger partial charge < -0.3 is 4.90 Å². The summed E-state index contributed by atoms with van der Waals surface area (Å²) in [5, 5.41) is 1.48. The van der Waals surface area contributed by atoms with Crippen LogP contribution in [0.25, 0.3) is 0 Å². The van der Waals surface area contributed by atoms with Gasteiger partial charge >= 0.3 is 0 Å². The molecule has 21 heavy (non-hydrogen) atoms. The molecule has 0 radical (unpaired) electrons. The number of hydrogen-bond acceptors (Lipinski definition) is 3. The summed E-state index contributed by atoms with van der Waals surface area (Å²) in [6, 6.07) is 6.75. The molecule has 0 bridgehead atoms. The summed E-state index contributed by atoms with van der Waals surface area (Å²) < 4.78 is 25.1. The quantitative estimate of drug-likeness (QED) is 0.897. The Morgan fingerprint density at radius 2 is 2.10 bits per heavy atom. The van der Waals surface area contributed by atoms with Gasteiger partial charge in [-0.2, -0.15) is 0 Å². The normalized spacial score (nSPS) is 18.7. The van der Waals surface area contributed by atoms with Crippen LogP contribution in [0.15, 0.2) is 36.3 Å². The SMILES string of the molecule is C=CS(=O)(=O)NC[C@H]1CCN(C(=O)c2ccc(Cl)cc2)C1. The monoisotopic (exact) mass is 328 g/mol. The van der Waals surface area contributed by atoms with Gasteiger partial charge in [0.15, 0.2) is 0 Å². The van der Waals surface area contributed by atoms with Crippen LogP contribution in [-0.2, 0) is 10.0 Å². The number of likely N-dealkylation sites (tertiary alicyclic amines) is 1. The van der Waals surface area contributed by atoms with Gasteiger partial charge in [0.25, 0.3) is 5.91 Å². The van der Waals surface area contributed by atoms with Crippen molar-refractivity contribution < 1.29 is 13.2 Å². The molecule has 1 atom stereocenters. The van der Waals surface area contributed by atoms with Crippen molar-refractivity contribution in [3.05, 3.63) is 46.8 Å². The summed E-state index contributed by atoms with van der Waals surface area (Å²) in [6.07, 6.45) is 0.777. The molecule has 0 aromatic heterocycles. The fraction of sp³-hybridized carbons (Fsp3) is 0.357. The van der Waals surface area contributed by atoms with Gasteiger partial charge in [0.05, 0.1) is 0 Å². The average Bonchev–Trinajstić information content (AvgIpc) is 2.94. The van der Waals surface area contributed by atoms with Crippen molar-refractivity contribution in [3.63, 3.8) is 0 Å². The Morgan fingerprint density at radius 3 is 2.71 bits per heavy atom. The predicted molar refractivity (Wildman–Crippen MR) is 82.6 cm³/mol. The summed E-state index contributed by atoms with van der Waals surface area (Å²) in [7, 11) is -3.41. The van der Waals surface area contributed by atoms with E-state index in [4.69, 9.17) is 11.6 Å². The van der Waals surface area contributed by atoms with Crippen LogP contribution in [-0.4, -0.2) is 38.9 Å². The van der Waals surface area contributed by atoms with E-state index in [0.29, 0.717) is 30.2 Å². The molecule has 1 heterocycles. The second-order valence-corrected chi connectivity index (χ2v) is 7.12. The molecule has 1 aromatic rings. The van der Waals surface area contributed by atoms with Crippen molar-refractivity contribution in [2.45, 2.75) is 6.42 Å². The third-order valence-electron chi connectivity index (χ3n) is 3.46. The molecule has 0 spiro atoms. The zero-order valence-corrected chi connectivity index (χ0v) is 13.0. The molecule has 114 valence electrons. The minimum Gasteiger partial charge on any atom is -0.338 e. The van der Waals surface area contributed by atoms with Gasteiger partial charge in [0.1, 0.15) is 0 Å². The molecule has 1 fully saturated rings. The maximum absolute atomic E-state index is 12.3. The zero-order valence-electron chi connectivity index (χ0n) is 11.5. The molecule has 0 aliphatic carbocycles. The third kappa shape index (κ3) is 4.30. The molecule has 1 aliphatic rings. The molecule has 7 heteroatoms.